The van der Waals surface area contributed by atoms with Crippen LogP contribution in [-0.4, -0.2) is 27.4 Å². The van der Waals surface area contributed by atoms with Crippen molar-refractivity contribution in [3.05, 3.63) is 33.6 Å². The van der Waals surface area contributed by atoms with Crippen LogP contribution in [-0.2, 0) is 7.05 Å². The van der Waals surface area contributed by atoms with Crippen LogP contribution in [0.5, 0.6) is 0 Å². The highest BCUT2D eigenvalue weighted by Gasteiger charge is 2.12. The molecule has 0 saturated heterocycles. The fraction of sp³-hybridized carbons (Fsp3) is 0.231. The van der Waals surface area contributed by atoms with Crippen LogP contribution in [0.4, 0.5) is 5.82 Å². The Labute approximate surface area is 114 Å². The lowest BCUT2D eigenvalue weighted by atomic mass is 10.2. The first-order chi connectivity index (χ1) is 9.11. The van der Waals surface area contributed by atoms with E-state index in [1.807, 2.05) is 6.92 Å². The Morgan fingerprint density at radius 2 is 2.42 bits per heavy atom. The Morgan fingerprint density at radius 3 is 3.05 bits per heavy atom. The molecule has 2 heterocycles. The van der Waals surface area contributed by atoms with Crippen molar-refractivity contribution in [2.24, 2.45) is 7.05 Å². The smallest absolute Gasteiger partial charge is 0.266 e. The van der Waals surface area contributed by atoms with Gasteiger partial charge in [-0.15, -0.1) is 11.3 Å². The molecule has 0 aliphatic rings. The molecule has 0 unspecified atom stereocenters. The lowest BCUT2D eigenvalue weighted by Gasteiger charge is -2.02. The number of nitrogens with one attached hydrogen (secondary N) is 1. The summed E-state index contributed by atoms with van der Waals surface area (Å²) in [6.45, 7) is 1.70. The molecule has 0 radical (unpaired) electrons. The first-order valence-electron chi connectivity index (χ1n) is 5.61. The first-order valence-corrected chi connectivity index (χ1v) is 6.43. The fourth-order valence-electron chi connectivity index (χ4n) is 1.51. The highest BCUT2D eigenvalue weighted by molar-refractivity contribution is 7.14. The Bertz CT molecular complexity index is 661. The van der Waals surface area contributed by atoms with E-state index in [2.05, 4.69) is 22.3 Å². The molecule has 6 heteroatoms. The minimum Gasteiger partial charge on any atom is -0.384 e. The summed E-state index contributed by atoms with van der Waals surface area (Å²) in [7, 11) is 1.76. The number of nitrogens with zero attached hydrogens (tertiary/aromatic N) is 2. The second kappa shape index (κ2) is 5.69. The first kappa shape index (κ1) is 13.3. The number of rotatable bonds is 2. The molecular weight excluding hydrogens is 262 g/mol. The van der Waals surface area contributed by atoms with Gasteiger partial charge >= 0.3 is 0 Å². The van der Waals surface area contributed by atoms with E-state index in [4.69, 9.17) is 5.11 Å². The average molecular weight is 275 g/mol. The summed E-state index contributed by atoms with van der Waals surface area (Å²) in [5.74, 6) is 5.86. The molecule has 0 atom stereocenters. The molecule has 19 heavy (non-hydrogen) atoms. The lowest BCUT2D eigenvalue weighted by Crippen LogP contribution is -2.13. The molecule has 0 spiro atoms. The predicted octanol–water partition coefficient (Wildman–Crippen LogP) is 1.39. The maximum atomic E-state index is 12.1. The van der Waals surface area contributed by atoms with Gasteiger partial charge in [-0.2, -0.15) is 5.10 Å². The van der Waals surface area contributed by atoms with Crippen LogP contribution < -0.4 is 5.32 Å². The van der Waals surface area contributed by atoms with Gasteiger partial charge in [-0.1, -0.05) is 11.8 Å². The van der Waals surface area contributed by atoms with Crippen LogP contribution >= 0.6 is 11.3 Å². The zero-order valence-electron chi connectivity index (χ0n) is 10.6. The number of carbonyl (C=O) groups is 1. The minimum absolute atomic E-state index is 0.186. The number of hydrogen-bond donors (Lipinski definition) is 2. The van der Waals surface area contributed by atoms with Crippen molar-refractivity contribution in [3.63, 3.8) is 0 Å². The Balaban J connectivity index is 2.18. The van der Waals surface area contributed by atoms with Crippen LogP contribution in [0.3, 0.4) is 0 Å². The van der Waals surface area contributed by atoms with Crippen molar-refractivity contribution in [1.82, 2.24) is 9.78 Å². The van der Waals surface area contributed by atoms with E-state index in [-0.39, 0.29) is 12.5 Å². The summed E-state index contributed by atoms with van der Waals surface area (Å²) < 4.78 is 1.59. The van der Waals surface area contributed by atoms with E-state index in [0.29, 0.717) is 10.7 Å². The van der Waals surface area contributed by atoms with Gasteiger partial charge in [0, 0.05) is 13.1 Å². The normalized spacial score (nSPS) is 9.84. The Morgan fingerprint density at radius 1 is 1.63 bits per heavy atom. The third-order valence-corrected chi connectivity index (χ3v) is 3.64. The van der Waals surface area contributed by atoms with Crippen LogP contribution in [0, 0.1) is 18.8 Å². The summed E-state index contributed by atoms with van der Waals surface area (Å²) in [6.07, 6.45) is 1.62. The summed E-state index contributed by atoms with van der Waals surface area (Å²) in [5.41, 5.74) is 0.932. The molecule has 98 valence electrons. The van der Waals surface area contributed by atoms with Gasteiger partial charge in [0.25, 0.3) is 5.91 Å². The lowest BCUT2D eigenvalue weighted by molar-refractivity contribution is 0.102. The molecule has 2 aromatic rings. The average Bonchev–Trinajstić information content (AvgIpc) is 2.94. The van der Waals surface area contributed by atoms with E-state index in [0.717, 1.165) is 10.4 Å². The molecule has 0 bridgehead atoms. The van der Waals surface area contributed by atoms with Crippen molar-refractivity contribution in [2.45, 2.75) is 6.92 Å². The number of carbonyl (C=O) groups excluding carboxylic acids is 1. The van der Waals surface area contributed by atoms with Crippen LogP contribution in [0.1, 0.15) is 20.1 Å². The molecule has 1 amide bonds. The quantitative estimate of drug-likeness (QED) is 0.814. The van der Waals surface area contributed by atoms with Gasteiger partial charge in [0.2, 0.25) is 0 Å². The molecule has 2 aromatic heterocycles. The second-order valence-electron chi connectivity index (χ2n) is 3.88. The number of aliphatic hydroxyl groups is 1. The molecule has 0 saturated carbocycles. The molecule has 2 rings (SSSR count). The highest BCUT2D eigenvalue weighted by Crippen LogP contribution is 2.22. The number of amides is 1. The molecule has 0 aliphatic carbocycles. The number of aryl methyl sites for hydroxylation is 2. The molecule has 0 fully saturated rings. The molecule has 0 aromatic carbocycles. The standard InChI is InChI=1S/C13H13N3O2S/c1-9-8-11(19-10(9)4-3-7-17)13(18)15-12-5-6-14-16(12)2/h5-6,8,17H,7H2,1-2H3,(H,15,18). The van der Waals surface area contributed by atoms with E-state index in [9.17, 15) is 4.79 Å². The van der Waals surface area contributed by atoms with Gasteiger partial charge in [0.15, 0.2) is 0 Å². The summed E-state index contributed by atoms with van der Waals surface area (Å²) in [5, 5.41) is 15.4. The zero-order valence-corrected chi connectivity index (χ0v) is 11.4. The molecular formula is C13H13N3O2S. The summed E-state index contributed by atoms with van der Waals surface area (Å²) in [4.78, 5) is 13.4. The van der Waals surface area contributed by atoms with Gasteiger partial charge < -0.3 is 10.4 Å². The van der Waals surface area contributed by atoms with Crippen molar-refractivity contribution >= 4 is 23.1 Å². The number of anilines is 1. The Hall–Kier alpha value is -2.10. The van der Waals surface area contributed by atoms with Crippen LogP contribution in [0.15, 0.2) is 18.3 Å². The maximum Gasteiger partial charge on any atom is 0.266 e. The van der Waals surface area contributed by atoms with Crippen molar-refractivity contribution < 1.29 is 9.90 Å². The van der Waals surface area contributed by atoms with Crippen molar-refractivity contribution in [2.75, 3.05) is 11.9 Å². The number of thiophene rings is 1. The monoisotopic (exact) mass is 275 g/mol. The SMILES string of the molecule is Cc1cc(C(=O)Nc2ccnn2C)sc1C#CCO. The third kappa shape index (κ3) is 3.02. The Kier molecular flexibility index (Phi) is 4.00. The van der Waals surface area contributed by atoms with Crippen LogP contribution in [0.2, 0.25) is 0 Å². The van der Waals surface area contributed by atoms with E-state index in [1.54, 1.807) is 30.1 Å². The van der Waals surface area contributed by atoms with E-state index >= 15 is 0 Å². The minimum atomic E-state index is -0.187. The van der Waals surface area contributed by atoms with Gasteiger partial charge in [-0.25, -0.2) is 0 Å². The van der Waals surface area contributed by atoms with Gasteiger partial charge in [-0.05, 0) is 18.6 Å². The number of hydrogen-bond acceptors (Lipinski definition) is 4. The fourth-order valence-corrected chi connectivity index (χ4v) is 2.45. The third-order valence-electron chi connectivity index (χ3n) is 2.49. The summed E-state index contributed by atoms with van der Waals surface area (Å²) >= 11 is 1.31. The molecule has 0 aliphatic heterocycles. The zero-order chi connectivity index (χ0) is 13.8. The largest absolute Gasteiger partial charge is 0.384 e. The summed E-state index contributed by atoms with van der Waals surface area (Å²) in [6, 6.07) is 3.52. The van der Waals surface area contributed by atoms with E-state index in [1.165, 1.54) is 11.3 Å². The van der Waals surface area contributed by atoms with Gasteiger partial charge in [0.05, 0.1) is 16.0 Å². The highest BCUT2D eigenvalue weighted by atomic mass is 32.1. The number of aliphatic hydroxyl groups excluding tert-OH is 1. The topological polar surface area (TPSA) is 67.2 Å². The van der Waals surface area contributed by atoms with Gasteiger partial charge in [-0.3, -0.25) is 9.48 Å². The predicted molar refractivity (Wildman–Crippen MR) is 74.2 cm³/mol. The second-order valence-corrected chi connectivity index (χ2v) is 4.93. The van der Waals surface area contributed by atoms with Crippen LogP contribution in [0.25, 0.3) is 0 Å². The van der Waals surface area contributed by atoms with E-state index < -0.39 is 0 Å². The maximum absolute atomic E-state index is 12.1. The number of aromatic nitrogens is 2. The molecule has 5 nitrogen and oxygen atoms in total. The molecule has 2 N–H and O–H groups in total. The van der Waals surface area contributed by atoms with Gasteiger partial charge in [0.1, 0.15) is 12.4 Å². The van der Waals surface area contributed by atoms with Crippen molar-refractivity contribution in [3.8, 4) is 11.8 Å². The van der Waals surface area contributed by atoms with Crippen molar-refractivity contribution in [1.29, 1.82) is 0 Å².